The van der Waals surface area contributed by atoms with E-state index in [4.69, 9.17) is 20.9 Å². The average molecular weight is 376 g/mol. The number of amides is 1. The lowest BCUT2D eigenvalue weighted by molar-refractivity contribution is 0.0942. The minimum absolute atomic E-state index is 0.0229. The maximum absolute atomic E-state index is 13.7. The van der Waals surface area contributed by atoms with Crippen LogP contribution >= 0.6 is 11.6 Å². The zero-order chi connectivity index (χ0) is 18.5. The van der Waals surface area contributed by atoms with E-state index in [1.165, 1.54) is 12.1 Å². The molecule has 0 bridgehead atoms. The molecular weight excluding hydrogens is 361 g/mol. The summed E-state index contributed by atoms with van der Waals surface area (Å²) in [6.07, 6.45) is 0. The first-order valence-corrected chi connectivity index (χ1v) is 8.23. The second-order valence-corrected chi connectivity index (χ2v) is 5.71. The van der Waals surface area contributed by atoms with Crippen LogP contribution in [0.2, 0.25) is 5.02 Å². The quantitative estimate of drug-likeness (QED) is 0.708. The number of nitrogens with one attached hydrogen (secondary N) is 1. The zero-order valence-electron chi connectivity index (χ0n) is 13.8. The van der Waals surface area contributed by atoms with Gasteiger partial charge in [-0.3, -0.25) is 4.79 Å². The molecule has 1 amide bonds. The van der Waals surface area contributed by atoms with Gasteiger partial charge >= 0.3 is 0 Å². The van der Waals surface area contributed by atoms with E-state index in [9.17, 15) is 9.18 Å². The summed E-state index contributed by atoms with van der Waals surface area (Å²) in [5.74, 6) is 0.0411. The van der Waals surface area contributed by atoms with Gasteiger partial charge in [0.15, 0.2) is 0 Å². The highest BCUT2D eigenvalue weighted by Gasteiger charge is 2.14. The molecule has 0 radical (unpaired) electrons. The number of hydrogen-bond acceptors (Lipinski definition) is 5. The van der Waals surface area contributed by atoms with Gasteiger partial charge in [0.1, 0.15) is 11.6 Å². The molecule has 0 aliphatic rings. The molecule has 0 spiro atoms. The van der Waals surface area contributed by atoms with Gasteiger partial charge in [0, 0.05) is 10.6 Å². The second kappa shape index (κ2) is 7.97. The summed E-state index contributed by atoms with van der Waals surface area (Å²) >= 11 is 5.67. The minimum Gasteiger partial charge on any atom is -0.494 e. The highest BCUT2D eigenvalue weighted by Crippen LogP contribution is 2.20. The molecular formula is C18H15ClFN3O3. The Hall–Kier alpha value is -2.93. The first-order valence-electron chi connectivity index (χ1n) is 7.86. The van der Waals surface area contributed by atoms with Crippen LogP contribution in [0.4, 0.5) is 4.39 Å². The average Bonchev–Trinajstić information content (AvgIpc) is 3.10. The van der Waals surface area contributed by atoms with E-state index < -0.39 is 11.7 Å². The largest absolute Gasteiger partial charge is 0.494 e. The van der Waals surface area contributed by atoms with E-state index in [1.807, 2.05) is 6.92 Å². The molecule has 0 saturated heterocycles. The van der Waals surface area contributed by atoms with Gasteiger partial charge in [0.2, 0.25) is 11.7 Å². The van der Waals surface area contributed by atoms with Crippen LogP contribution in [0.5, 0.6) is 5.75 Å². The molecule has 1 aromatic heterocycles. The van der Waals surface area contributed by atoms with Gasteiger partial charge in [-0.15, -0.1) is 0 Å². The van der Waals surface area contributed by atoms with Gasteiger partial charge in [0.05, 0.1) is 18.7 Å². The Kier molecular flexibility index (Phi) is 5.48. The molecule has 3 rings (SSSR count). The summed E-state index contributed by atoms with van der Waals surface area (Å²) < 4.78 is 24.2. The molecule has 26 heavy (non-hydrogen) atoms. The third-order valence-corrected chi connectivity index (χ3v) is 3.70. The number of benzene rings is 2. The van der Waals surface area contributed by atoms with Crippen molar-refractivity contribution in [2.45, 2.75) is 13.5 Å². The molecule has 2 aromatic carbocycles. The van der Waals surface area contributed by atoms with Crippen molar-refractivity contribution in [1.29, 1.82) is 0 Å². The Morgan fingerprint density at radius 1 is 1.27 bits per heavy atom. The van der Waals surface area contributed by atoms with Crippen molar-refractivity contribution >= 4 is 17.5 Å². The number of carbonyl (C=O) groups excluding carboxylic acids is 1. The van der Waals surface area contributed by atoms with E-state index >= 15 is 0 Å². The fourth-order valence-corrected chi connectivity index (χ4v) is 2.39. The predicted molar refractivity (Wildman–Crippen MR) is 93.5 cm³/mol. The molecule has 1 heterocycles. The van der Waals surface area contributed by atoms with Crippen molar-refractivity contribution in [2.24, 2.45) is 0 Å². The normalized spacial score (nSPS) is 10.6. The van der Waals surface area contributed by atoms with Gasteiger partial charge < -0.3 is 14.6 Å². The van der Waals surface area contributed by atoms with E-state index in [1.54, 1.807) is 24.3 Å². The lowest BCUT2D eigenvalue weighted by Crippen LogP contribution is -2.24. The third-order valence-electron chi connectivity index (χ3n) is 3.47. The zero-order valence-corrected chi connectivity index (χ0v) is 14.6. The molecule has 0 atom stereocenters. The van der Waals surface area contributed by atoms with Crippen LogP contribution in [0.1, 0.15) is 23.2 Å². The number of rotatable bonds is 6. The maximum Gasteiger partial charge on any atom is 0.254 e. The summed E-state index contributed by atoms with van der Waals surface area (Å²) in [7, 11) is 0. The Balaban J connectivity index is 1.64. The van der Waals surface area contributed by atoms with Crippen LogP contribution in [0.3, 0.4) is 0 Å². The van der Waals surface area contributed by atoms with E-state index in [0.717, 1.165) is 17.4 Å². The van der Waals surface area contributed by atoms with Crippen molar-refractivity contribution in [3.63, 3.8) is 0 Å². The fourth-order valence-electron chi connectivity index (χ4n) is 2.24. The first-order chi connectivity index (χ1) is 12.6. The SMILES string of the molecule is CCOc1ccc(-c2noc(CNC(=O)c3ccc(Cl)cc3F)n2)cc1. The molecule has 0 saturated carbocycles. The molecule has 0 fully saturated rings. The van der Waals surface area contributed by atoms with Gasteiger partial charge in [-0.25, -0.2) is 4.39 Å². The van der Waals surface area contributed by atoms with Crippen LogP contribution in [-0.4, -0.2) is 22.7 Å². The number of aromatic nitrogens is 2. The Morgan fingerprint density at radius 3 is 2.73 bits per heavy atom. The maximum atomic E-state index is 13.7. The predicted octanol–water partition coefficient (Wildman–Crippen LogP) is 3.86. The minimum atomic E-state index is -0.699. The van der Waals surface area contributed by atoms with Crippen molar-refractivity contribution in [3.8, 4) is 17.1 Å². The number of hydrogen-bond donors (Lipinski definition) is 1. The van der Waals surface area contributed by atoms with Crippen LogP contribution in [0.25, 0.3) is 11.4 Å². The molecule has 0 unspecified atom stereocenters. The Bertz CT molecular complexity index is 912. The van der Waals surface area contributed by atoms with Crippen LogP contribution in [0.15, 0.2) is 47.0 Å². The third kappa shape index (κ3) is 4.18. The molecule has 134 valence electrons. The second-order valence-electron chi connectivity index (χ2n) is 5.28. The van der Waals surface area contributed by atoms with Crippen molar-refractivity contribution in [3.05, 3.63) is 64.8 Å². The van der Waals surface area contributed by atoms with Gasteiger partial charge in [-0.1, -0.05) is 16.8 Å². The van der Waals surface area contributed by atoms with Crippen LogP contribution in [0, 0.1) is 5.82 Å². The smallest absolute Gasteiger partial charge is 0.254 e. The van der Waals surface area contributed by atoms with Crippen molar-refractivity contribution in [1.82, 2.24) is 15.5 Å². The van der Waals surface area contributed by atoms with Gasteiger partial charge in [-0.05, 0) is 49.4 Å². The summed E-state index contributed by atoms with van der Waals surface area (Å²) in [4.78, 5) is 16.2. The standard InChI is InChI=1S/C18H15ClFN3O3/c1-2-25-13-6-3-11(4-7-13)17-22-16(26-23-17)10-21-18(24)14-8-5-12(19)9-15(14)20/h3-9H,2,10H2,1H3,(H,21,24). The molecule has 3 aromatic rings. The monoisotopic (exact) mass is 375 g/mol. The number of ether oxygens (including phenoxy) is 1. The first kappa shape index (κ1) is 17.9. The van der Waals surface area contributed by atoms with Crippen LogP contribution in [-0.2, 0) is 6.54 Å². The molecule has 6 nitrogen and oxygen atoms in total. The number of nitrogens with zero attached hydrogens (tertiary/aromatic N) is 2. The highest BCUT2D eigenvalue weighted by atomic mass is 35.5. The van der Waals surface area contributed by atoms with E-state index in [0.29, 0.717) is 12.4 Å². The van der Waals surface area contributed by atoms with E-state index in [-0.39, 0.29) is 23.0 Å². The topological polar surface area (TPSA) is 77.3 Å². The van der Waals surface area contributed by atoms with Gasteiger partial charge in [0.25, 0.3) is 5.91 Å². The van der Waals surface area contributed by atoms with Crippen molar-refractivity contribution < 1.29 is 18.4 Å². The summed E-state index contributed by atoms with van der Waals surface area (Å²) in [6.45, 7) is 2.47. The van der Waals surface area contributed by atoms with Crippen molar-refractivity contribution in [2.75, 3.05) is 6.61 Å². The molecule has 8 heteroatoms. The lowest BCUT2D eigenvalue weighted by atomic mass is 10.2. The Labute approximate surface area is 153 Å². The summed E-state index contributed by atoms with van der Waals surface area (Å²) in [6, 6.07) is 11.1. The van der Waals surface area contributed by atoms with Crippen LogP contribution < -0.4 is 10.1 Å². The highest BCUT2D eigenvalue weighted by molar-refractivity contribution is 6.30. The number of carbonyl (C=O) groups is 1. The Morgan fingerprint density at radius 2 is 2.04 bits per heavy atom. The van der Waals surface area contributed by atoms with Gasteiger partial charge in [-0.2, -0.15) is 4.98 Å². The summed E-state index contributed by atoms with van der Waals surface area (Å²) in [5.41, 5.74) is 0.638. The fraction of sp³-hybridized carbons (Fsp3) is 0.167. The molecule has 0 aliphatic heterocycles. The number of halogens is 2. The lowest BCUT2D eigenvalue weighted by Gasteiger charge is -2.04. The molecule has 0 aliphatic carbocycles. The van der Waals surface area contributed by atoms with E-state index in [2.05, 4.69) is 15.5 Å². The molecule has 1 N–H and O–H groups in total. The summed E-state index contributed by atoms with van der Waals surface area (Å²) in [5, 5.41) is 6.62.